The molecule has 1 unspecified atom stereocenters. The van der Waals surface area contributed by atoms with Crippen LogP contribution in [0.4, 0.5) is 5.69 Å². The van der Waals surface area contributed by atoms with Gasteiger partial charge in [-0.15, -0.1) is 11.8 Å². The number of nitrogens with zero attached hydrogens (tertiary/aromatic N) is 1. The van der Waals surface area contributed by atoms with E-state index in [2.05, 4.69) is 13.8 Å². The van der Waals surface area contributed by atoms with Gasteiger partial charge in [0.1, 0.15) is 0 Å². The Kier molecular flexibility index (Phi) is 4.87. The first-order valence-corrected chi connectivity index (χ1v) is 6.61. The maximum Gasteiger partial charge on any atom is 0.253 e. The highest BCUT2D eigenvalue weighted by molar-refractivity contribution is 8.00. The van der Waals surface area contributed by atoms with Crippen molar-refractivity contribution in [3.8, 4) is 0 Å². The van der Waals surface area contributed by atoms with Gasteiger partial charge < -0.3 is 10.6 Å². The first kappa shape index (κ1) is 13.9. The van der Waals surface area contributed by atoms with Crippen LogP contribution >= 0.6 is 11.8 Å². The van der Waals surface area contributed by atoms with Crippen LogP contribution in [-0.4, -0.2) is 30.2 Å². The number of carbonyl (C=O) groups is 1. The van der Waals surface area contributed by atoms with Crippen LogP contribution in [0.1, 0.15) is 30.6 Å². The molecule has 0 saturated heterocycles. The van der Waals surface area contributed by atoms with E-state index in [4.69, 9.17) is 5.73 Å². The fourth-order valence-electron chi connectivity index (χ4n) is 1.35. The molecule has 0 saturated carbocycles. The summed E-state index contributed by atoms with van der Waals surface area (Å²) in [6.07, 6.45) is 1.10. The number of hydrogen-bond donors (Lipinski definition) is 1. The van der Waals surface area contributed by atoms with Crippen molar-refractivity contribution in [3.63, 3.8) is 0 Å². The summed E-state index contributed by atoms with van der Waals surface area (Å²) in [6.45, 7) is 4.32. The fraction of sp³-hybridized carbons (Fsp3) is 0.462. The van der Waals surface area contributed by atoms with Crippen LogP contribution in [0.25, 0.3) is 0 Å². The molecule has 0 aliphatic heterocycles. The predicted molar refractivity (Wildman–Crippen MR) is 74.5 cm³/mol. The molecule has 2 N–H and O–H groups in total. The number of hydrogen-bond acceptors (Lipinski definition) is 3. The van der Waals surface area contributed by atoms with Crippen LogP contribution in [0.3, 0.4) is 0 Å². The van der Waals surface area contributed by atoms with Crippen LogP contribution in [0.2, 0.25) is 0 Å². The lowest BCUT2D eigenvalue weighted by atomic mass is 10.2. The van der Waals surface area contributed by atoms with Crippen LogP contribution in [0.15, 0.2) is 23.1 Å². The van der Waals surface area contributed by atoms with Gasteiger partial charge >= 0.3 is 0 Å². The second-order valence-electron chi connectivity index (χ2n) is 4.29. The summed E-state index contributed by atoms with van der Waals surface area (Å²) in [5.74, 6) is -0.0169. The number of nitrogen functional groups attached to an aromatic ring is 1. The van der Waals surface area contributed by atoms with E-state index in [0.717, 1.165) is 11.3 Å². The van der Waals surface area contributed by atoms with Crippen molar-refractivity contribution in [2.75, 3.05) is 19.8 Å². The zero-order valence-corrected chi connectivity index (χ0v) is 11.7. The van der Waals surface area contributed by atoms with E-state index in [1.165, 1.54) is 0 Å². The Labute approximate surface area is 107 Å². The quantitative estimate of drug-likeness (QED) is 0.662. The van der Waals surface area contributed by atoms with E-state index in [1.807, 2.05) is 12.1 Å². The highest BCUT2D eigenvalue weighted by Crippen LogP contribution is 2.30. The summed E-state index contributed by atoms with van der Waals surface area (Å²) in [6, 6.07) is 5.53. The Morgan fingerprint density at radius 3 is 2.59 bits per heavy atom. The molecule has 4 heteroatoms. The van der Waals surface area contributed by atoms with E-state index in [1.54, 1.807) is 36.8 Å². The monoisotopic (exact) mass is 252 g/mol. The molecule has 0 heterocycles. The van der Waals surface area contributed by atoms with Crippen molar-refractivity contribution in [1.82, 2.24) is 4.90 Å². The highest BCUT2D eigenvalue weighted by Gasteiger charge is 2.11. The molecule has 17 heavy (non-hydrogen) atoms. The van der Waals surface area contributed by atoms with Crippen LogP contribution in [0, 0.1) is 0 Å². The third kappa shape index (κ3) is 3.66. The van der Waals surface area contributed by atoms with Gasteiger partial charge in [-0.05, 0) is 24.6 Å². The molecule has 0 aliphatic carbocycles. The molecule has 3 nitrogen and oxygen atoms in total. The van der Waals surface area contributed by atoms with Crippen molar-refractivity contribution in [2.24, 2.45) is 0 Å². The van der Waals surface area contributed by atoms with Crippen LogP contribution in [0.5, 0.6) is 0 Å². The minimum absolute atomic E-state index is 0.0169. The Hall–Kier alpha value is -1.16. The Balaban J connectivity index is 2.90. The number of nitrogens with two attached hydrogens (primary N) is 1. The van der Waals surface area contributed by atoms with Gasteiger partial charge in [0.15, 0.2) is 0 Å². The molecular weight excluding hydrogens is 232 g/mol. The molecule has 0 bridgehead atoms. The van der Waals surface area contributed by atoms with Gasteiger partial charge in [-0.1, -0.05) is 13.8 Å². The van der Waals surface area contributed by atoms with Crippen molar-refractivity contribution in [3.05, 3.63) is 23.8 Å². The first-order valence-electron chi connectivity index (χ1n) is 5.73. The van der Waals surface area contributed by atoms with Gasteiger partial charge in [0.25, 0.3) is 5.91 Å². The largest absolute Gasteiger partial charge is 0.398 e. The third-order valence-electron chi connectivity index (χ3n) is 2.57. The zero-order valence-electron chi connectivity index (χ0n) is 10.9. The van der Waals surface area contributed by atoms with Crippen molar-refractivity contribution in [2.45, 2.75) is 30.4 Å². The molecule has 1 amide bonds. The fourth-order valence-corrected chi connectivity index (χ4v) is 2.29. The topological polar surface area (TPSA) is 46.3 Å². The Morgan fingerprint density at radius 2 is 2.12 bits per heavy atom. The lowest BCUT2D eigenvalue weighted by molar-refractivity contribution is 0.0827. The van der Waals surface area contributed by atoms with Gasteiger partial charge in [-0.25, -0.2) is 0 Å². The molecule has 0 fully saturated rings. The van der Waals surface area contributed by atoms with E-state index in [0.29, 0.717) is 16.5 Å². The normalized spacial score (nSPS) is 12.2. The minimum atomic E-state index is -0.0169. The summed E-state index contributed by atoms with van der Waals surface area (Å²) in [5, 5.41) is 0.535. The predicted octanol–water partition coefficient (Wildman–Crippen LogP) is 2.86. The Morgan fingerprint density at radius 1 is 1.47 bits per heavy atom. The van der Waals surface area contributed by atoms with Gasteiger partial charge in [-0.2, -0.15) is 0 Å². The number of anilines is 1. The van der Waals surface area contributed by atoms with E-state index in [-0.39, 0.29) is 5.91 Å². The molecule has 0 aromatic heterocycles. The van der Waals surface area contributed by atoms with Gasteiger partial charge in [-0.3, -0.25) is 4.79 Å². The SMILES string of the molecule is CCC(C)Sc1ccc(C(=O)N(C)C)cc1N. The van der Waals surface area contributed by atoms with E-state index < -0.39 is 0 Å². The van der Waals surface area contributed by atoms with Crippen LogP contribution < -0.4 is 5.73 Å². The second-order valence-corrected chi connectivity index (χ2v) is 5.77. The van der Waals surface area contributed by atoms with Crippen molar-refractivity contribution < 1.29 is 4.79 Å². The molecule has 94 valence electrons. The number of rotatable bonds is 4. The Bertz CT molecular complexity index is 404. The standard InChI is InChI=1S/C13H20N2OS/c1-5-9(2)17-12-7-6-10(8-11(12)14)13(16)15(3)4/h6-9H,5,14H2,1-4H3. The number of benzene rings is 1. The second kappa shape index (κ2) is 5.96. The highest BCUT2D eigenvalue weighted by atomic mass is 32.2. The van der Waals surface area contributed by atoms with Crippen molar-refractivity contribution >= 4 is 23.4 Å². The molecule has 0 spiro atoms. The molecular formula is C13H20N2OS. The molecule has 1 atom stereocenters. The molecule has 1 aromatic rings. The third-order valence-corrected chi connectivity index (χ3v) is 3.93. The average Bonchev–Trinajstić information content (AvgIpc) is 2.30. The summed E-state index contributed by atoms with van der Waals surface area (Å²) >= 11 is 1.75. The van der Waals surface area contributed by atoms with E-state index >= 15 is 0 Å². The number of amides is 1. The molecule has 1 aromatic carbocycles. The summed E-state index contributed by atoms with van der Waals surface area (Å²) < 4.78 is 0. The molecule has 0 aliphatic rings. The zero-order chi connectivity index (χ0) is 13.0. The van der Waals surface area contributed by atoms with Crippen LogP contribution in [-0.2, 0) is 0 Å². The lowest BCUT2D eigenvalue weighted by Crippen LogP contribution is -2.21. The first-order chi connectivity index (χ1) is 7.95. The molecule has 0 radical (unpaired) electrons. The van der Waals surface area contributed by atoms with E-state index in [9.17, 15) is 4.79 Å². The van der Waals surface area contributed by atoms with Gasteiger partial charge in [0, 0.05) is 35.5 Å². The molecule has 1 rings (SSSR count). The van der Waals surface area contributed by atoms with Gasteiger partial charge in [0.2, 0.25) is 0 Å². The van der Waals surface area contributed by atoms with Gasteiger partial charge in [0.05, 0.1) is 0 Å². The minimum Gasteiger partial charge on any atom is -0.398 e. The van der Waals surface area contributed by atoms with Crippen molar-refractivity contribution in [1.29, 1.82) is 0 Å². The smallest absolute Gasteiger partial charge is 0.253 e. The summed E-state index contributed by atoms with van der Waals surface area (Å²) in [7, 11) is 3.47. The maximum atomic E-state index is 11.7. The lowest BCUT2D eigenvalue weighted by Gasteiger charge is -2.14. The summed E-state index contributed by atoms with van der Waals surface area (Å²) in [5.41, 5.74) is 7.29. The average molecular weight is 252 g/mol. The maximum absolute atomic E-state index is 11.7. The number of thioether (sulfide) groups is 1. The summed E-state index contributed by atoms with van der Waals surface area (Å²) in [4.78, 5) is 14.4. The number of carbonyl (C=O) groups excluding carboxylic acids is 1.